The number of fused-ring (bicyclic) bond motifs is 1. The van der Waals surface area contributed by atoms with Crippen molar-refractivity contribution in [1.82, 2.24) is 0 Å². The number of hydrogen-bond donors (Lipinski definition) is 1. The van der Waals surface area contributed by atoms with Crippen molar-refractivity contribution in [2.75, 3.05) is 23.7 Å². The van der Waals surface area contributed by atoms with Gasteiger partial charge in [0, 0.05) is 29.0 Å². The Morgan fingerprint density at radius 3 is 2.84 bits per heavy atom. The number of rotatable bonds is 3. The highest BCUT2D eigenvalue weighted by Crippen LogP contribution is 2.29. The number of nitrogens with zero attached hydrogens (tertiary/aromatic N) is 2. The molecular weight excluding hydrogens is 361 g/mol. The Kier molecular flexibility index (Phi) is 5.16. The number of benzene rings is 2. The van der Waals surface area contributed by atoms with Gasteiger partial charge in [-0.25, -0.2) is 0 Å². The van der Waals surface area contributed by atoms with E-state index in [1.54, 1.807) is 48.4 Å². The summed E-state index contributed by atoms with van der Waals surface area (Å²) in [6.45, 7) is 2.67. The summed E-state index contributed by atoms with van der Waals surface area (Å²) < 4.78 is 5.75. The first-order chi connectivity index (χ1) is 12.0. The summed E-state index contributed by atoms with van der Waals surface area (Å²) in [5, 5.41) is 0.868. The van der Waals surface area contributed by atoms with Gasteiger partial charge in [-0.3, -0.25) is 9.79 Å². The third-order valence-corrected chi connectivity index (χ3v) is 4.37. The quantitative estimate of drug-likeness (QED) is 0.826. The van der Waals surface area contributed by atoms with Gasteiger partial charge in [0.1, 0.15) is 5.75 Å². The van der Waals surface area contributed by atoms with Crippen LogP contribution >= 0.6 is 23.2 Å². The molecule has 7 heteroatoms. The van der Waals surface area contributed by atoms with E-state index in [4.69, 9.17) is 33.7 Å². The van der Waals surface area contributed by atoms with E-state index >= 15 is 0 Å². The average molecular weight is 378 g/mol. The van der Waals surface area contributed by atoms with Crippen LogP contribution in [0.1, 0.15) is 12.5 Å². The largest absolute Gasteiger partial charge is 0.479 e. The highest BCUT2D eigenvalue weighted by Gasteiger charge is 2.26. The lowest BCUT2D eigenvalue weighted by molar-refractivity contribution is -0.124. The first-order valence-electron chi connectivity index (χ1n) is 7.78. The molecule has 1 amide bonds. The zero-order valence-electron chi connectivity index (χ0n) is 13.6. The summed E-state index contributed by atoms with van der Waals surface area (Å²) in [5.74, 6) is 0.234. The van der Waals surface area contributed by atoms with E-state index in [1.165, 1.54) is 0 Å². The number of anilines is 2. The van der Waals surface area contributed by atoms with E-state index in [0.717, 1.165) is 11.3 Å². The van der Waals surface area contributed by atoms with E-state index in [2.05, 4.69) is 4.99 Å². The van der Waals surface area contributed by atoms with Crippen molar-refractivity contribution in [1.29, 1.82) is 0 Å². The minimum absolute atomic E-state index is 0.178. The highest BCUT2D eigenvalue weighted by atomic mass is 35.5. The molecule has 130 valence electrons. The first-order valence-corrected chi connectivity index (χ1v) is 8.54. The normalized spacial score (nSPS) is 14.6. The second kappa shape index (κ2) is 7.33. The average Bonchev–Trinajstić information content (AvgIpc) is 2.78. The van der Waals surface area contributed by atoms with Crippen LogP contribution in [0, 0.1) is 0 Å². The van der Waals surface area contributed by atoms with Gasteiger partial charge < -0.3 is 15.4 Å². The maximum Gasteiger partial charge on any atom is 0.267 e. The lowest BCUT2D eigenvalue weighted by atomic mass is 10.1. The minimum Gasteiger partial charge on any atom is -0.479 e. The Balaban J connectivity index is 1.83. The molecule has 0 saturated carbocycles. The minimum atomic E-state index is -0.720. The van der Waals surface area contributed by atoms with Gasteiger partial charge in [0.15, 0.2) is 6.10 Å². The number of amides is 1. The van der Waals surface area contributed by atoms with Crippen molar-refractivity contribution in [2.24, 2.45) is 4.99 Å². The van der Waals surface area contributed by atoms with Crippen LogP contribution in [0.3, 0.4) is 0 Å². The standard InChI is InChI=1S/C18H17Cl2N3O2/c1-11(25-17-5-2-13(19)9-15(17)20)18(24)23-7-6-22-10-12-8-14(21)3-4-16(12)23/h2-5,8-11H,6-7,21H2,1H3. The number of nitrogen functional groups attached to an aromatic ring is 1. The molecule has 1 aliphatic rings. The number of carbonyl (C=O) groups excluding carboxylic acids is 1. The van der Waals surface area contributed by atoms with Gasteiger partial charge in [-0.15, -0.1) is 0 Å². The van der Waals surface area contributed by atoms with Crippen LogP contribution in [0.5, 0.6) is 5.75 Å². The van der Waals surface area contributed by atoms with Gasteiger partial charge >= 0.3 is 0 Å². The lowest BCUT2D eigenvalue weighted by Crippen LogP contribution is -2.42. The maximum absolute atomic E-state index is 12.9. The fourth-order valence-corrected chi connectivity index (χ4v) is 3.08. The van der Waals surface area contributed by atoms with Gasteiger partial charge in [0.25, 0.3) is 5.91 Å². The molecular formula is C18H17Cl2N3O2. The number of nitrogens with two attached hydrogens (primary N) is 1. The smallest absolute Gasteiger partial charge is 0.267 e. The zero-order valence-corrected chi connectivity index (χ0v) is 15.1. The summed E-state index contributed by atoms with van der Waals surface area (Å²) in [5.41, 5.74) is 8.02. The maximum atomic E-state index is 12.9. The predicted molar refractivity (Wildman–Crippen MR) is 102 cm³/mol. The molecule has 0 saturated heterocycles. The van der Waals surface area contributed by atoms with Crippen LogP contribution in [0.2, 0.25) is 10.0 Å². The number of aliphatic imine (C=N–C) groups is 1. The third-order valence-electron chi connectivity index (χ3n) is 3.84. The molecule has 1 unspecified atom stereocenters. The molecule has 0 radical (unpaired) electrons. The molecule has 0 aliphatic carbocycles. The fourth-order valence-electron chi connectivity index (χ4n) is 2.62. The fraction of sp³-hybridized carbons (Fsp3) is 0.222. The van der Waals surface area contributed by atoms with E-state index in [0.29, 0.717) is 34.6 Å². The number of benzodiazepines with no additional fused rings is 1. The van der Waals surface area contributed by atoms with Gasteiger partial charge in [0.05, 0.1) is 17.3 Å². The lowest BCUT2D eigenvalue weighted by Gasteiger charge is -2.26. The van der Waals surface area contributed by atoms with Crippen LogP contribution in [0.25, 0.3) is 0 Å². The molecule has 2 aromatic carbocycles. The summed E-state index contributed by atoms with van der Waals surface area (Å²) >= 11 is 12.0. The van der Waals surface area contributed by atoms with Crippen molar-refractivity contribution in [2.45, 2.75) is 13.0 Å². The number of halogens is 2. The van der Waals surface area contributed by atoms with Crippen molar-refractivity contribution in [3.05, 3.63) is 52.0 Å². The van der Waals surface area contributed by atoms with Gasteiger partial charge in [-0.2, -0.15) is 0 Å². The second-order valence-corrected chi connectivity index (χ2v) is 6.52. The van der Waals surface area contributed by atoms with Gasteiger partial charge in [0.2, 0.25) is 0 Å². The highest BCUT2D eigenvalue weighted by molar-refractivity contribution is 6.35. The Bertz CT molecular complexity index is 839. The molecule has 25 heavy (non-hydrogen) atoms. The Morgan fingerprint density at radius 1 is 1.28 bits per heavy atom. The van der Waals surface area contributed by atoms with Gasteiger partial charge in [-0.1, -0.05) is 23.2 Å². The Hall–Kier alpha value is -2.24. The second-order valence-electron chi connectivity index (χ2n) is 5.68. The third kappa shape index (κ3) is 3.89. The summed E-state index contributed by atoms with van der Waals surface area (Å²) in [7, 11) is 0. The summed E-state index contributed by atoms with van der Waals surface area (Å²) in [6, 6.07) is 10.3. The molecule has 0 spiro atoms. The molecule has 5 nitrogen and oxygen atoms in total. The first kappa shape index (κ1) is 17.6. The topological polar surface area (TPSA) is 67.9 Å². The number of carbonyl (C=O) groups is 1. The molecule has 0 bridgehead atoms. The monoisotopic (exact) mass is 377 g/mol. The van der Waals surface area contributed by atoms with Gasteiger partial charge in [-0.05, 0) is 43.3 Å². The van der Waals surface area contributed by atoms with Crippen LogP contribution in [-0.2, 0) is 4.79 Å². The summed E-state index contributed by atoms with van der Waals surface area (Å²) in [6.07, 6.45) is 1.02. The Morgan fingerprint density at radius 2 is 2.08 bits per heavy atom. The zero-order chi connectivity index (χ0) is 18.0. The molecule has 3 rings (SSSR count). The van der Waals surface area contributed by atoms with Crippen molar-refractivity contribution in [3.63, 3.8) is 0 Å². The molecule has 1 aliphatic heterocycles. The van der Waals surface area contributed by atoms with Crippen molar-refractivity contribution < 1.29 is 9.53 Å². The van der Waals surface area contributed by atoms with Crippen LogP contribution in [0.4, 0.5) is 11.4 Å². The van der Waals surface area contributed by atoms with Crippen LogP contribution < -0.4 is 15.4 Å². The van der Waals surface area contributed by atoms with Crippen molar-refractivity contribution >= 4 is 46.7 Å². The number of ether oxygens (including phenoxy) is 1. The van der Waals surface area contributed by atoms with Crippen molar-refractivity contribution in [3.8, 4) is 5.75 Å². The van der Waals surface area contributed by atoms with E-state index in [9.17, 15) is 4.79 Å². The predicted octanol–water partition coefficient (Wildman–Crippen LogP) is 3.81. The molecule has 0 aromatic heterocycles. The van der Waals surface area contributed by atoms with E-state index < -0.39 is 6.10 Å². The van der Waals surface area contributed by atoms with E-state index in [1.807, 2.05) is 6.07 Å². The van der Waals surface area contributed by atoms with Crippen LogP contribution in [0.15, 0.2) is 41.4 Å². The SMILES string of the molecule is CC(Oc1ccc(Cl)cc1Cl)C(=O)N1CCN=Cc2cc(N)ccc21. The molecule has 1 atom stereocenters. The van der Waals surface area contributed by atoms with Crippen LogP contribution in [-0.4, -0.2) is 31.3 Å². The van der Waals surface area contributed by atoms with E-state index in [-0.39, 0.29) is 5.91 Å². The molecule has 2 aromatic rings. The number of hydrogen-bond acceptors (Lipinski definition) is 4. The Labute approximate surface area is 156 Å². The molecule has 0 fully saturated rings. The summed E-state index contributed by atoms with van der Waals surface area (Å²) in [4.78, 5) is 18.9. The molecule has 2 N–H and O–H groups in total. The molecule has 1 heterocycles.